The molecule has 270 valence electrons. The average Bonchev–Trinajstić information content (AvgIpc) is 3.27. The molecule has 2 saturated carbocycles. The predicted octanol–water partition coefficient (Wildman–Crippen LogP) is 6.13. The maximum Gasteiger partial charge on any atom is 0.334 e. The summed E-state index contributed by atoms with van der Waals surface area (Å²) in [6.07, 6.45) is 8.16. The highest BCUT2D eigenvalue weighted by atomic mass is 16.4. The Bertz CT molecular complexity index is 1890. The Kier molecular flexibility index (Phi) is 8.11. The first kappa shape index (κ1) is 35.6. The molecule has 7 rings (SSSR count). The highest BCUT2D eigenvalue weighted by Gasteiger charge is 2.80. The number of carboxylic acid groups (broad SMARTS) is 1. The lowest BCUT2D eigenvalue weighted by atomic mass is 9.35. The second-order valence-corrected chi connectivity index (χ2v) is 17.2. The lowest BCUT2D eigenvalue weighted by molar-refractivity contribution is -0.166. The van der Waals surface area contributed by atoms with Gasteiger partial charge in [0.1, 0.15) is 23.2 Å². The number of aliphatic hydroxyl groups is 4. The number of carbonyl (C=O) groups is 3. The van der Waals surface area contributed by atoms with Gasteiger partial charge in [-0.1, -0.05) is 76.3 Å². The van der Waals surface area contributed by atoms with Crippen LogP contribution >= 0.6 is 0 Å². The molecule has 1 spiro atoms. The Morgan fingerprint density at radius 1 is 1.02 bits per heavy atom. The third-order valence-electron chi connectivity index (χ3n) is 14.7. The van der Waals surface area contributed by atoms with Crippen molar-refractivity contribution in [1.29, 1.82) is 0 Å². The number of hydrogen-bond donors (Lipinski definition) is 5. The van der Waals surface area contributed by atoms with Crippen LogP contribution in [0, 0.1) is 57.2 Å². The summed E-state index contributed by atoms with van der Waals surface area (Å²) in [5, 5.41) is 57.8. The van der Waals surface area contributed by atoms with E-state index in [-0.39, 0.29) is 54.7 Å². The van der Waals surface area contributed by atoms with Gasteiger partial charge in [0.25, 0.3) is 0 Å². The van der Waals surface area contributed by atoms with Gasteiger partial charge >= 0.3 is 5.97 Å². The van der Waals surface area contributed by atoms with Gasteiger partial charge in [0.15, 0.2) is 5.78 Å². The number of ketones is 2. The molecular weight excluding hydrogens is 644 g/mol. The summed E-state index contributed by atoms with van der Waals surface area (Å²) in [6, 6.07) is 9.80. The number of hydrogen-bond acceptors (Lipinski definition) is 7. The van der Waals surface area contributed by atoms with Gasteiger partial charge in [-0.25, -0.2) is 4.79 Å². The van der Waals surface area contributed by atoms with Crippen molar-refractivity contribution in [3.8, 4) is 11.8 Å². The Balaban J connectivity index is 1.48. The van der Waals surface area contributed by atoms with Crippen LogP contribution in [0.3, 0.4) is 0 Å². The Morgan fingerprint density at radius 2 is 1.73 bits per heavy atom. The van der Waals surface area contributed by atoms with Crippen molar-refractivity contribution in [3.63, 3.8) is 0 Å². The van der Waals surface area contributed by atoms with E-state index in [4.69, 9.17) is 0 Å². The number of fused-ring (bicyclic) bond motifs is 1. The van der Waals surface area contributed by atoms with E-state index in [1.165, 1.54) is 6.92 Å². The van der Waals surface area contributed by atoms with E-state index in [0.717, 1.165) is 5.56 Å². The van der Waals surface area contributed by atoms with E-state index in [1.807, 2.05) is 63.3 Å². The number of allylic oxidation sites excluding steroid dienone is 1. The van der Waals surface area contributed by atoms with Crippen molar-refractivity contribution in [2.75, 3.05) is 0 Å². The largest absolute Gasteiger partial charge is 0.509 e. The Hall–Kier alpha value is -3.77. The standard InChI is InChI=1S/C43H50O8/c1-25(22-30(44)34(47)26(2)37(48)49)29-23-41(50)20-21-42(51)28(15-14-27-12-8-6-9-13-27)35-38(3)17-10-7-11-18-43(41)36(42)33(31(45)24-40(29,43)5)39(35,4)19-16-32(38)46/h6,8-9,12-15,20-21,25,28-30,35,44,47,50-51H,11,16-19,22-24H2,1-5H3,(H,48,49). The first-order chi connectivity index (χ1) is 23.9. The quantitative estimate of drug-likeness (QED) is 0.0990. The maximum atomic E-state index is 15.1. The molecule has 8 heteroatoms. The van der Waals surface area contributed by atoms with Gasteiger partial charge in [0.05, 0.1) is 11.2 Å². The van der Waals surface area contributed by atoms with Gasteiger partial charge in [-0.2, -0.15) is 0 Å². The van der Waals surface area contributed by atoms with Crippen LogP contribution in [0.25, 0.3) is 6.08 Å². The first-order valence-corrected chi connectivity index (χ1v) is 18.4. The Morgan fingerprint density at radius 3 is 2.41 bits per heavy atom. The molecule has 0 amide bonds. The fourth-order valence-corrected chi connectivity index (χ4v) is 12.4. The zero-order valence-corrected chi connectivity index (χ0v) is 30.2. The summed E-state index contributed by atoms with van der Waals surface area (Å²) in [5.41, 5.74) is -5.19. The summed E-state index contributed by atoms with van der Waals surface area (Å²) in [4.78, 5) is 40.8. The number of aliphatic carboxylic acids is 1. The minimum absolute atomic E-state index is 0.0133. The highest BCUT2D eigenvalue weighted by molar-refractivity contribution is 6.02. The van der Waals surface area contributed by atoms with Crippen molar-refractivity contribution in [2.24, 2.45) is 45.3 Å². The summed E-state index contributed by atoms with van der Waals surface area (Å²) in [6.45, 7) is 9.24. The van der Waals surface area contributed by atoms with E-state index >= 15 is 4.79 Å². The number of carboxylic acids is 1. The molecule has 0 aliphatic heterocycles. The third kappa shape index (κ3) is 4.60. The molecular formula is C43H50O8. The molecule has 51 heavy (non-hydrogen) atoms. The lowest BCUT2D eigenvalue weighted by Gasteiger charge is -2.68. The monoisotopic (exact) mass is 694 g/mol. The van der Waals surface area contributed by atoms with E-state index in [9.17, 15) is 35.1 Å². The van der Waals surface area contributed by atoms with Gasteiger partial charge in [0.2, 0.25) is 0 Å². The average molecular weight is 695 g/mol. The molecule has 8 nitrogen and oxygen atoms in total. The van der Waals surface area contributed by atoms with Gasteiger partial charge in [0, 0.05) is 53.4 Å². The smallest absolute Gasteiger partial charge is 0.334 e. The molecule has 0 radical (unpaired) electrons. The number of rotatable bonds is 7. The molecule has 1 aromatic carbocycles. The molecule has 1 aromatic rings. The number of benzene rings is 1. The van der Waals surface area contributed by atoms with Crippen molar-refractivity contribution in [1.82, 2.24) is 0 Å². The van der Waals surface area contributed by atoms with Gasteiger partial charge in [-0.3, -0.25) is 9.59 Å². The fraction of sp³-hybridized carbons (Fsp3) is 0.558. The normalized spacial score (nSPS) is 42.5. The molecule has 11 atom stereocenters. The van der Waals surface area contributed by atoms with Crippen LogP contribution in [0.4, 0.5) is 0 Å². The maximum absolute atomic E-state index is 15.1. The Labute approximate surface area is 300 Å². The second kappa shape index (κ2) is 11.6. The van der Waals surface area contributed by atoms with E-state index in [0.29, 0.717) is 36.8 Å². The van der Waals surface area contributed by atoms with Gasteiger partial charge in [-0.05, 0) is 73.0 Å². The van der Waals surface area contributed by atoms with Crippen LogP contribution in [0.15, 0.2) is 71.0 Å². The summed E-state index contributed by atoms with van der Waals surface area (Å²) >= 11 is 0. The minimum Gasteiger partial charge on any atom is -0.509 e. The van der Waals surface area contributed by atoms with Crippen LogP contribution in [0.5, 0.6) is 0 Å². The molecule has 4 bridgehead atoms. The molecule has 0 saturated heterocycles. The zero-order chi connectivity index (χ0) is 36.9. The van der Waals surface area contributed by atoms with Crippen LogP contribution in [-0.2, 0) is 14.4 Å². The predicted molar refractivity (Wildman–Crippen MR) is 192 cm³/mol. The number of Topliss-reactive ketones (excluding diaryl/α,β-unsaturated/α-hetero) is 2. The number of carbonyl (C=O) groups excluding carboxylic acids is 2. The second-order valence-electron chi connectivity index (χ2n) is 17.2. The van der Waals surface area contributed by atoms with E-state index in [2.05, 4.69) is 18.8 Å². The highest BCUT2D eigenvalue weighted by Crippen LogP contribution is 2.79. The van der Waals surface area contributed by atoms with E-state index in [1.54, 1.807) is 12.2 Å². The molecule has 6 aliphatic carbocycles. The van der Waals surface area contributed by atoms with E-state index < -0.39 is 62.5 Å². The first-order valence-electron chi connectivity index (χ1n) is 18.4. The van der Waals surface area contributed by atoms with Gasteiger partial charge < -0.3 is 25.5 Å². The fourth-order valence-electron chi connectivity index (χ4n) is 12.4. The van der Waals surface area contributed by atoms with Crippen molar-refractivity contribution < 1.29 is 39.9 Å². The van der Waals surface area contributed by atoms with Crippen molar-refractivity contribution in [2.45, 2.75) is 103 Å². The van der Waals surface area contributed by atoms with Gasteiger partial charge in [-0.15, -0.1) is 11.8 Å². The summed E-state index contributed by atoms with van der Waals surface area (Å²) < 4.78 is 0. The van der Waals surface area contributed by atoms with Crippen LogP contribution in [-0.4, -0.2) is 60.4 Å². The van der Waals surface area contributed by atoms with Crippen molar-refractivity contribution >= 4 is 23.6 Å². The molecule has 5 N–H and O–H groups in total. The molecule has 6 aliphatic rings. The van der Waals surface area contributed by atoms with Crippen LogP contribution < -0.4 is 0 Å². The SMILES string of the molecule is CC(C(=O)O)=C(O)C(O)CC(C)C1CC2(O)C=CC3(O)C4=C5C(=O)CC1(C)C42CCC#CCC1(C)C(=O)CCC5(C)C1C3C=Cc1ccccc1. The molecule has 0 heterocycles. The molecule has 11 unspecified atom stereocenters. The minimum atomic E-state index is -1.70. The molecule has 0 aromatic heterocycles. The third-order valence-corrected chi connectivity index (χ3v) is 14.7. The zero-order valence-electron chi connectivity index (χ0n) is 30.2. The topological polar surface area (TPSA) is 152 Å². The van der Waals surface area contributed by atoms with Crippen LogP contribution in [0.1, 0.15) is 91.5 Å². The molecule has 2 fully saturated rings. The van der Waals surface area contributed by atoms with Crippen molar-refractivity contribution in [3.05, 3.63) is 76.6 Å². The summed E-state index contributed by atoms with van der Waals surface area (Å²) in [5.74, 6) is 2.97. The lowest BCUT2D eigenvalue weighted by Crippen LogP contribution is -2.70. The number of aliphatic hydroxyl groups excluding tert-OH is 2. The van der Waals surface area contributed by atoms with Crippen LogP contribution in [0.2, 0.25) is 0 Å². The summed E-state index contributed by atoms with van der Waals surface area (Å²) in [7, 11) is 0.